The number of nitrogens with zero attached hydrogens (tertiary/aromatic N) is 6. The molecule has 52 heavy (non-hydrogen) atoms. The van der Waals surface area contributed by atoms with Gasteiger partial charge in [0.2, 0.25) is 0 Å². The zero-order valence-corrected chi connectivity index (χ0v) is 29.5. The molecule has 0 unspecified atom stereocenters. The number of fused-ring (bicyclic) bond motifs is 6. The van der Waals surface area contributed by atoms with Gasteiger partial charge in [-0.05, 0) is 135 Å². The zero-order chi connectivity index (χ0) is 34.8. The zero-order valence-electron chi connectivity index (χ0n) is 29.5. The van der Waals surface area contributed by atoms with Crippen molar-refractivity contribution in [2.45, 2.75) is 105 Å². The molecular formula is C42H54N6O4. The number of pyridine rings is 2. The van der Waals surface area contributed by atoms with Crippen molar-refractivity contribution < 1.29 is 19.1 Å². The summed E-state index contributed by atoms with van der Waals surface area (Å²) in [6.45, 7) is 4.22. The average molecular weight is 707 g/mol. The van der Waals surface area contributed by atoms with E-state index >= 15 is 0 Å². The highest BCUT2D eigenvalue weighted by Crippen LogP contribution is 2.32. The number of ketones is 2. The summed E-state index contributed by atoms with van der Waals surface area (Å²) in [6, 6.07) is 16.2. The molecule has 6 aromatic rings. The normalized spacial score (nSPS) is 20.2. The van der Waals surface area contributed by atoms with E-state index in [2.05, 4.69) is 46.4 Å². The van der Waals surface area contributed by atoms with Crippen LogP contribution in [0.3, 0.4) is 0 Å². The predicted octanol–water partition coefficient (Wildman–Crippen LogP) is 8.94. The number of hydrogen-bond acceptors (Lipinski definition) is 8. The summed E-state index contributed by atoms with van der Waals surface area (Å²) in [5.41, 5.74) is 7.78. The third-order valence-corrected chi connectivity index (χ3v) is 11.0. The molecule has 2 fully saturated rings. The highest BCUT2D eigenvalue weighted by atomic mass is 16.5. The van der Waals surface area contributed by atoms with Gasteiger partial charge >= 0.3 is 0 Å². The Morgan fingerprint density at radius 3 is 1.35 bits per heavy atom. The van der Waals surface area contributed by atoms with Crippen LogP contribution in [0.25, 0.3) is 33.1 Å². The van der Waals surface area contributed by atoms with Gasteiger partial charge in [-0.2, -0.15) is 0 Å². The minimum Gasteiger partial charge on any atom is -0.381 e. The van der Waals surface area contributed by atoms with E-state index in [0.717, 1.165) is 120 Å². The van der Waals surface area contributed by atoms with Crippen LogP contribution in [-0.4, -0.2) is 67.2 Å². The molecule has 2 aliphatic rings. The number of benzene rings is 2. The van der Waals surface area contributed by atoms with Crippen LogP contribution in [0, 0.1) is 11.8 Å². The van der Waals surface area contributed by atoms with Gasteiger partial charge < -0.3 is 9.47 Å². The molecule has 0 atom stereocenters. The lowest BCUT2D eigenvalue weighted by Gasteiger charge is -2.26. The molecule has 0 saturated heterocycles. The maximum absolute atomic E-state index is 12.9. The molecule has 2 saturated carbocycles. The van der Waals surface area contributed by atoms with Gasteiger partial charge in [-0.25, -0.2) is 0 Å². The van der Waals surface area contributed by atoms with E-state index < -0.39 is 0 Å². The molecule has 10 nitrogen and oxygen atoms in total. The van der Waals surface area contributed by atoms with Crippen molar-refractivity contribution in [1.29, 1.82) is 0 Å². The Morgan fingerprint density at radius 1 is 0.615 bits per heavy atom. The number of aryl methyl sites for hydroxylation is 2. The quantitative estimate of drug-likeness (QED) is 0.144. The van der Waals surface area contributed by atoms with Gasteiger partial charge in [0.15, 0.2) is 22.9 Å². The minimum atomic E-state index is 0. The van der Waals surface area contributed by atoms with E-state index in [1.807, 2.05) is 45.2 Å². The van der Waals surface area contributed by atoms with Crippen LogP contribution in [0.4, 0.5) is 0 Å². The van der Waals surface area contributed by atoms with E-state index in [0.29, 0.717) is 12.2 Å². The molecule has 2 aromatic carbocycles. The third kappa shape index (κ3) is 7.50. The maximum Gasteiger partial charge on any atom is 0.165 e. The third-order valence-electron chi connectivity index (χ3n) is 11.0. The summed E-state index contributed by atoms with van der Waals surface area (Å²) < 4.78 is 14.8. The fourth-order valence-electron chi connectivity index (χ4n) is 7.96. The lowest BCUT2D eigenvalue weighted by Crippen LogP contribution is -2.25. The molecular weight excluding hydrogens is 652 g/mol. The number of aromatic nitrogens is 6. The maximum atomic E-state index is 12.9. The van der Waals surface area contributed by atoms with E-state index in [-0.39, 0.29) is 38.3 Å². The highest BCUT2D eigenvalue weighted by Gasteiger charge is 2.28. The molecule has 276 valence electrons. The summed E-state index contributed by atoms with van der Waals surface area (Å²) >= 11 is 0. The highest BCUT2D eigenvalue weighted by molar-refractivity contribution is 6.02. The number of Topliss-reactive ketones (excluding diaryl/α,β-unsaturated/α-hetero) is 2. The second kappa shape index (κ2) is 16.9. The monoisotopic (exact) mass is 706 g/mol. The Hall–Kier alpha value is -4.54. The Morgan fingerprint density at radius 2 is 1.00 bits per heavy atom. The number of carbonyl (C=O) groups excluding carboxylic acids is 2. The van der Waals surface area contributed by atoms with Gasteiger partial charge in [-0.3, -0.25) is 18.4 Å². The number of carbonyl (C=O) groups is 2. The van der Waals surface area contributed by atoms with Crippen LogP contribution < -0.4 is 0 Å². The van der Waals surface area contributed by atoms with Gasteiger partial charge in [0.1, 0.15) is 12.7 Å². The summed E-state index contributed by atoms with van der Waals surface area (Å²) in [5, 5.41) is 18.7. The van der Waals surface area contributed by atoms with Crippen molar-refractivity contribution in [2.24, 2.45) is 11.8 Å². The summed E-state index contributed by atoms with van der Waals surface area (Å²) in [4.78, 5) is 25.9. The Bertz CT molecular complexity index is 2000. The van der Waals surface area contributed by atoms with Gasteiger partial charge in [0.05, 0.1) is 23.2 Å². The standard InChI is InChI=1S/2C20H23N3O2.2CH4/c2*1-3-13-10-16-11-15(6-9-18(16)23-12-21-22-20(13)23)19(24)14-4-7-17(25-2)8-5-14;;/h2*6,9-12,14,17H,3-5,7-8H2,1-2H3;2*1H4. The molecule has 2 aliphatic carbocycles. The van der Waals surface area contributed by atoms with E-state index in [1.165, 1.54) is 0 Å². The molecule has 8 rings (SSSR count). The summed E-state index contributed by atoms with van der Waals surface area (Å²) in [7, 11) is 3.51. The van der Waals surface area contributed by atoms with Crippen molar-refractivity contribution in [3.63, 3.8) is 0 Å². The number of hydrogen-bond donors (Lipinski definition) is 0. The van der Waals surface area contributed by atoms with E-state index in [9.17, 15) is 9.59 Å². The number of methoxy groups -OCH3 is 2. The Kier molecular flexibility index (Phi) is 12.5. The number of rotatable bonds is 8. The predicted molar refractivity (Wildman–Crippen MR) is 207 cm³/mol. The Balaban J connectivity index is 0.000000194. The molecule has 0 N–H and O–H groups in total. The molecule has 0 aliphatic heterocycles. The lowest BCUT2D eigenvalue weighted by molar-refractivity contribution is 0.0515. The first kappa shape index (κ1) is 38.7. The first-order chi connectivity index (χ1) is 24.4. The fourth-order valence-corrected chi connectivity index (χ4v) is 7.96. The van der Waals surface area contributed by atoms with Crippen LogP contribution in [0.15, 0.2) is 61.2 Å². The molecule has 10 heteroatoms. The molecule has 4 aromatic heterocycles. The molecule has 0 bridgehead atoms. The van der Waals surface area contributed by atoms with Gasteiger partial charge in [-0.15, -0.1) is 20.4 Å². The van der Waals surface area contributed by atoms with Crippen LogP contribution >= 0.6 is 0 Å². The van der Waals surface area contributed by atoms with Crippen molar-refractivity contribution in [1.82, 2.24) is 29.2 Å². The van der Waals surface area contributed by atoms with E-state index in [4.69, 9.17) is 9.47 Å². The molecule has 0 spiro atoms. The van der Waals surface area contributed by atoms with Crippen LogP contribution in [-0.2, 0) is 22.3 Å². The average Bonchev–Trinajstić information content (AvgIpc) is 3.88. The van der Waals surface area contributed by atoms with Gasteiger partial charge in [0, 0.05) is 37.2 Å². The SMILES string of the molecule is C.C.CCc1cc2cc(C(=O)C3CCC(OC)CC3)ccc2n2cnnc12.CCc1cc2cc(C(=O)C3CCC(OC)CC3)ccc2n2cnnc12. The van der Waals surface area contributed by atoms with Crippen molar-refractivity contribution in [3.05, 3.63) is 83.4 Å². The fraction of sp³-hybridized carbons (Fsp3) is 0.476. The second-order valence-corrected chi connectivity index (χ2v) is 13.8. The molecule has 0 radical (unpaired) electrons. The minimum absolute atomic E-state index is 0. The topological polar surface area (TPSA) is 113 Å². The largest absolute Gasteiger partial charge is 0.381 e. The smallest absolute Gasteiger partial charge is 0.165 e. The van der Waals surface area contributed by atoms with Crippen LogP contribution in [0.1, 0.15) is 112 Å². The Labute approximate surface area is 306 Å². The van der Waals surface area contributed by atoms with Crippen LogP contribution in [0.5, 0.6) is 0 Å². The second-order valence-electron chi connectivity index (χ2n) is 13.8. The molecule has 0 amide bonds. The lowest BCUT2D eigenvalue weighted by atomic mass is 9.82. The van der Waals surface area contributed by atoms with E-state index in [1.54, 1.807) is 26.9 Å². The number of ether oxygens (including phenoxy) is 2. The summed E-state index contributed by atoms with van der Waals surface area (Å²) in [6.07, 6.45) is 13.4. The van der Waals surface area contributed by atoms with Crippen LogP contribution in [0.2, 0.25) is 0 Å². The van der Waals surface area contributed by atoms with Crippen molar-refractivity contribution in [3.8, 4) is 0 Å². The molecule has 4 heterocycles. The van der Waals surface area contributed by atoms with Gasteiger partial charge in [-0.1, -0.05) is 28.7 Å². The first-order valence-corrected chi connectivity index (χ1v) is 18.1. The van der Waals surface area contributed by atoms with Gasteiger partial charge in [0.25, 0.3) is 0 Å². The first-order valence-electron chi connectivity index (χ1n) is 18.1. The summed E-state index contributed by atoms with van der Waals surface area (Å²) in [5.74, 6) is 0.762. The van der Waals surface area contributed by atoms with Crippen molar-refractivity contribution >= 4 is 44.7 Å². The van der Waals surface area contributed by atoms with Crippen molar-refractivity contribution in [2.75, 3.05) is 14.2 Å².